The van der Waals surface area contributed by atoms with Crippen molar-refractivity contribution in [1.29, 1.82) is 0 Å². The fraction of sp³-hybridized carbons (Fsp3) is 0.0435. The minimum Gasteiger partial charge on any atom is -0.399 e. The Hall–Kier alpha value is -19.8. The number of benzene rings is 6. The molecular formula is C92H76BrClFN43O4S. The van der Waals surface area contributed by atoms with Gasteiger partial charge in [-0.3, -0.25) is 9.78 Å². The Balaban J connectivity index is 0.000000111. The van der Waals surface area contributed by atoms with Crippen molar-refractivity contribution in [2.24, 2.45) is 0 Å². The van der Waals surface area contributed by atoms with Crippen LogP contribution in [0.1, 0.15) is 10.5 Å². The maximum Gasteiger partial charge on any atom is 0.323 e. The van der Waals surface area contributed by atoms with Gasteiger partial charge in [0, 0.05) is 69.8 Å². The highest BCUT2D eigenvalue weighted by molar-refractivity contribution is 9.10. The molecule has 0 radical (unpaired) electrons. The number of rotatable bonds is 12. The van der Waals surface area contributed by atoms with Crippen molar-refractivity contribution in [2.45, 2.75) is 0 Å². The number of thiophene rings is 1. The zero-order valence-electron chi connectivity index (χ0n) is 74.2. The number of morpholine rings is 1. The molecule has 0 aliphatic carbocycles. The van der Waals surface area contributed by atoms with Gasteiger partial charge in [0.25, 0.3) is 5.91 Å². The van der Waals surface area contributed by atoms with Crippen LogP contribution in [0.25, 0.3) is 117 Å². The normalized spacial score (nSPS) is 11.5. The summed E-state index contributed by atoms with van der Waals surface area (Å²) >= 11 is 10.9. The van der Waals surface area contributed by atoms with Gasteiger partial charge in [0.1, 0.15) is 102 Å². The number of hydrogen-bond donors (Lipinski definition) is 12. The van der Waals surface area contributed by atoms with E-state index in [-0.39, 0.29) is 17.8 Å². The number of pyridine rings is 2. The summed E-state index contributed by atoms with van der Waals surface area (Å²) in [5.41, 5.74) is 59.9. The second-order valence-corrected chi connectivity index (χ2v) is 32.3. The summed E-state index contributed by atoms with van der Waals surface area (Å²) in [5.74, 6) is 2.18. The van der Waals surface area contributed by atoms with E-state index in [1.807, 2.05) is 108 Å². The number of ether oxygens (including phenoxy) is 1. The van der Waals surface area contributed by atoms with E-state index < -0.39 is 6.03 Å². The van der Waals surface area contributed by atoms with E-state index in [4.69, 9.17) is 62.2 Å². The third-order valence-electron chi connectivity index (χ3n) is 21.0. The number of anilines is 12. The van der Waals surface area contributed by atoms with E-state index >= 15 is 0 Å². The van der Waals surface area contributed by atoms with Crippen LogP contribution < -0.4 is 67.1 Å². The van der Waals surface area contributed by atoms with Crippen molar-refractivity contribution in [1.82, 2.24) is 153 Å². The zero-order valence-corrected chi connectivity index (χ0v) is 77.4. The van der Waals surface area contributed by atoms with Crippen molar-refractivity contribution >= 4 is 203 Å². The molecule has 0 saturated carbocycles. The molecule has 1 fully saturated rings. The van der Waals surface area contributed by atoms with E-state index in [1.165, 1.54) is 68.6 Å². The van der Waals surface area contributed by atoms with Crippen molar-refractivity contribution < 1.29 is 23.5 Å². The Morgan fingerprint density at radius 3 is 1.11 bits per heavy atom. The summed E-state index contributed by atoms with van der Waals surface area (Å²) < 4.78 is 30.9. The second kappa shape index (κ2) is 42.7. The van der Waals surface area contributed by atoms with Gasteiger partial charge in [0.15, 0.2) is 39.5 Å². The number of hydrogen-bond acceptors (Lipinski definition) is 36. The second-order valence-electron chi connectivity index (χ2n) is 30.2. The number of nitrogens with one attached hydrogen (secondary N) is 4. The van der Waals surface area contributed by atoms with E-state index in [9.17, 15) is 18.8 Å². The highest BCUT2D eigenvalue weighted by Gasteiger charge is 2.21. The van der Waals surface area contributed by atoms with Crippen LogP contribution in [-0.4, -0.2) is 197 Å². The molecule has 47 nitrogen and oxygen atoms in total. The molecule has 0 unspecified atom stereocenters. The summed E-state index contributed by atoms with van der Waals surface area (Å²) in [6.45, 7) is 2.35. The van der Waals surface area contributed by atoms with Crippen molar-refractivity contribution in [2.75, 3.05) is 93.4 Å². The largest absolute Gasteiger partial charge is 0.399 e. The van der Waals surface area contributed by atoms with Crippen molar-refractivity contribution in [3.8, 4) is 39.8 Å². The summed E-state index contributed by atoms with van der Waals surface area (Å²) in [4.78, 5) is 103. The lowest BCUT2D eigenvalue weighted by atomic mass is 10.2. The summed E-state index contributed by atoms with van der Waals surface area (Å²) in [6, 6.07) is 52.5. The molecule has 1 aliphatic heterocycles. The van der Waals surface area contributed by atoms with Crippen LogP contribution >= 0.6 is 38.9 Å². The van der Waals surface area contributed by atoms with Crippen molar-refractivity contribution in [3.05, 3.63) is 314 Å². The van der Waals surface area contributed by atoms with Gasteiger partial charge in [0.05, 0.1) is 134 Å². The molecule has 17 aromatic heterocycles. The minimum atomic E-state index is -0.448. The summed E-state index contributed by atoms with van der Waals surface area (Å²) in [7, 11) is 0. The molecule has 0 atom stereocenters. The number of fused-ring (bicyclic) bond motifs is 7. The molecule has 51 heteroatoms. The lowest BCUT2D eigenvalue weighted by Crippen LogP contribution is -2.43. The predicted molar refractivity (Wildman–Crippen MR) is 543 cm³/mol. The van der Waals surface area contributed by atoms with Crippen LogP contribution in [0, 0.1) is 5.82 Å². The summed E-state index contributed by atoms with van der Waals surface area (Å²) in [6.07, 6.45) is 24.5. The number of nitrogens with zero attached hydrogens (tertiary/aromatic N) is 31. The zero-order chi connectivity index (χ0) is 99.0. The molecule has 23 aromatic rings. The molecule has 710 valence electrons. The third-order valence-corrected chi connectivity index (χ3v) is 22.4. The first-order chi connectivity index (χ1) is 69.7. The molecule has 20 N–H and O–H groups in total. The SMILES string of the molecule is Nc1cccc(-n2ncc3c(N)ncnc32)c1.Nc1ncnc2c1cnn2-c1ccc(NC(=O)N2CCOCC2)cc1.Nc1ncnc2c1cnn2-c1cccc(Br)c1.Nc1ncnc2c1cnn2-c1cccc(NC(=O)Nc2ccc(F)cc2)c1.Nc1ncnc2c1cnn2-c1cccc(NC(=O)c2ccccn2)c1.Nc1ncnc2c1cnn2-c1ccnc(Cl)c1.Nc1ncnc2c1cnn2-c1ccsc1. The topological polar surface area (TPSA) is 651 Å². The predicted octanol–water partition coefficient (Wildman–Crippen LogP) is 12.5. The Labute approximate surface area is 822 Å². The van der Waals surface area contributed by atoms with Crippen LogP contribution in [0.4, 0.5) is 83.1 Å². The number of carbonyl (C=O) groups is 3. The number of nitrogens with two attached hydrogens (primary N) is 8. The highest BCUT2D eigenvalue weighted by atomic mass is 79.9. The minimum absolute atomic E-state index is 0.124. The van der Waals surface area contributed by atoms with Gasteiger partial charge >= 0.3 is 12.1 Å². The quantitative estimate of drug-likeness (QED) is 0.0399. The van der Waals surface area contributed by atoms with E-state index in [2.05, 4.69) is 153 Å². The first-order valence-corrected chi connectivity index (χ1v) is 44.7. The Morgan fingerprint density at radius 1 is 0.343 bits per heavy atom. The third kappa shape index (κ3) is 21.6. The number of aromatic nitrogens is 30. The maximum atomic E-state index is 12.9. The molecule has 0 bridgehead atoms. The standard InChI is InChI=1S/C18H14FN7O.C17H13N7O.C16H17N7O2.C11H8BrN5.C11H10N6.C10H7ClN6.C9H7N5S/c19-11-4-6-12(7-5-11)24-18(27)25-13-2-1-3-14(8-13)26-17-15(9-23-26)16(20)21-10-22-17;18-15-13-9-22-24(16(13)21-10-20-15)12-5-3-4-11(8-12)23-17(25)14-6-1-2-7-19-14;17-14-13-9-20-23(15(13)19-10-18-14)12-3-1-11(2-4-12)21-16(24)22-5-7-25-8-6-22;2*12-7-2-1-3-8(4-7)17-11-9(5-16-17)10(13)14-6-15-11;11-8-3-6(1-2-13-8)17-10-7(4-16-17)9(12)14-5-15-10;10-8-7-3-13-14(6-1-2-15-4-6)9(7)12-5-11-8/h1-10H,(H2,20,21,22)(H2,24,25,27);1-10H,(H,23,25)(H2,18,20,21);1-4,9-10H,5-8H2,(H,21,24)(H2,17,18,19);1-6H,(H2,13,14,15);1-6H,12H2,(H2,13,14,15);1-5H,(H2,12,14,15);1-5H,(H2,10,11,12). The number of halogens is 3. The van der Waals surface area contributed by atoms with E-state index in [0.717, 1.165) is 60.4 Å². The smallest absolute Gasteiger partial charge is 0.323 e. The van der Waals surface area contributed by atoms with Crippen LogP contribution in [0.5, 0.6) is 0 Å². The number of nitrogen functional groups attached to an aromatic ring is 8. The van der Waals surface area contributed by atoms with Gasteiger partial charge in [-0.25, -0.2) is 122 Å². The van der Waals surface area contributed by atoms with Gasteiger partial charge in [-0.1, -0.05) is 57.9 Å². The lowest BCUT2D eigenvalue weighted by molar-refractivity contribution is 0.0564. The van der Waals surface area contributed by atoms with Gasteiger partial charge in [-0.05, 0) is 151 Å². The first-order valence-electron chi connectivity index (χ1n) is 42.5. The van der Waals surface area contributed by atoms with Crippen LogP contribution in [-0.2, 0) is 4.74 Å². The fourth-order valence-electron chi connectivity index (χ4n) is 14.1. The van der Waals surface area contributed by atoms with Crippen LogP contribution in [0.2, 0.25) is 5.15 Å². The van der Waals surface area contributed by atoms with Gasteiger partial charge in [-0.15, -0.1) is 0 Å². The highest BCUT2D eigenvalue weighted by Crippen LogP contribution is 2.30. The van der Waals surface area contributed by atoms with E-state index in [1.54, 1.807) is 165 Å². The monoisotopic (exact) mass is 2010 g/mol. The van der Waals surface area contributed by atoms with Gasteiger partial charge in [0.2, 0.25) is 0 Å². The van der Waals surface area contributed by atoms with Crippen LogP contribution in [0.15, 0.2) is 297 Å². The molecule has 6 aromatic carbocycles. The molecule has 18 heterocycles. The maximum absolute atomic E-state index is 12.9. The molecule has 143 heavy (non-hydrogen) atoms. The van der Waals surface area contributed by atoms with E-state index in [0.29, 0.717) is 167 Å². The lowest BCUT2D eigenvalue weighted by Gasteiger charge is -2.26. The molecule has 1 saturated heterocycles. The molecular weight excluding hydrogens is 1940 g/mol. The van der Waals surface area contributed by atoms with Gasteiger partial charge in [-0.2, -0.15) is 47.0 Å². The average Bonchev–Trinajstić information content (AvgIpc) is 1.74. The average molecular weight is 2010 g/mol. The molecule has 5 amide bonds. The Morgan fingerprint density at radius 2 is 0.713 bits per heavy atom. The number of amides is 5. The Kier molecular flexibility index (Phi) is 27.9. The van der Waals surface area contributed by atoms with Crippen LogP contribution in [0.3, 0.4) is 0 Å². The molecule has 1 aliphatic rings. The van der Waals surface area contributed by atoms with Crippen molar-refractivity contribution in [3.63, 3.8) is 0 Å². The first kappa shape index (κ1) is 93.6. The Bertz CT molecular complexity index is 8210. The van der Waals surface area contributed by atoms with Gasteiger partial charge < -0.3 is 76.8 Å². The summed E-state index contributed by atoms with van der Waals surface area (Å²) in [5, 5.41) is 50.4. The number of urea groups is 2. The molecule has 24 rings (SSSR count). The fourth-order valence-corrected chi connectivity index (χ4v) is 15.3. The molecule has 0 spiro atoms. The number of carbonyl (C=O) groups excluding carboxylic acids is 3.